The van der Waals surface area contributed by atoms with Crippen molar-refractivity contribution in [3.05, 3.63) is 98.5 Å². The summed E-state index contributed by atoms with van der Waals surface area (Å²) in [5.41, 5.74) is 2.65. The fourth-order valence-electron chi connectivity index (χ4n) is 6.49. The molecule has 2 fully saturated rings. The molecule has 0 spiro atoms. The summed E-state index contributed by atoms with van der Waals surface area (Å²) in [4.78, 5) is 26.4. The molecule has 228 valence electrons. The first-order valence-electron chi connectivity index (χ1n) is 14.8. The Labute approximate surface area is 275 Å². The Morgan fingerprint density at radius 3 is 2.02 bits per heavy atom. The highest BCUT2D eigenvalue weighted by molar-refractivity contribution is 6.31. The van der Waals surface area contributed by atoms with E-state index >= 15 is 0 Å². The van der Waals surface area contributed by atoms with E-state index in [2.05, 4.69) is 4.90 Å². The summed E-state index contributed by atoms with van der Waals surface area (Å²) in [5.74, 6) is 1.17. The minimum atomic E-state index is -0.396. The summed E-state index contributed by atoms with van der Waals surface area (Å²) in [6.07, 6.45) is 4.49. The first kappa shape index (κ1) is 31.9. The molecule has 0 radical (unpaired) electrons. The molecule has 2 atom stereocenters. The highest BCUT2D eigenvalue weighted by atomic mass is 35.5. The number of likely N-dealkylation sites (tertiary alicyclic amines) is 2. The molecule has 3 aromatic rings. The number of halogens is 4. The Morgan fingerprint density at radius 2 is 1.42 bits per heavy atom. The van der Waals surface area contributed by atoms with Crippen LogP contribution < -0.4 is 4.74 Å². The molecule has 43 heavy (non-hydrogen) atoms. The van der Waals surface area contributed by atoms with Gasteiger partial charge in [0.25, 0.3) is 0 Å². The average Bonchev–Trinajstić information content (AvgIpc) is 3.67. The summed E-state index contributed by atoms with van der Waals surface area (Å²) in [7, 11) is 0. The Hall–Kier alpha value is -2.48. The first-order chi connectivity index (χ1) is 20.4. The first-order valence-corrected chi connectivity index (χ1v) is 15.9. The van der Waals surface area contributed by atoms with Gasteiger partial charge >= 0.3 is 6.03 Å². The van der Waals surface area contributed by atoms with Crippen LogP contribution in [0.25, 0.3) is 0 Å². The number of benzene rings is 3. The third kappa shape index (κ3) is 6.79. The van der Waals surface area contributed by atoms with Crippen LogP contribution in [0.4, 0.5) is 4.79 Å². The maximum Gasteiger partial charge on any atom is 0.326 e. The zero-order valence-electron chi connectivity index (χ0n) is 24.1. The quantitative estimate of drug-likeness (QED) is 0.266. The van der Waals surface area contributed by atoms with Gasteiger partial charge in [-0.15, -0.1) is 12.4 Å². The summed E-state index contributed by atoms with van der Waals surface area (Å²) in [6, 6.07) is 20.6. The molecule has 3 aliphatic heterocycles. The SMILES string of the molecule is CCOc1cc(Cl)ccc1C1=NC(c2ccc(Cl)cc2)C(c2ccc(Cl)cc2)N1C(=O)N1CCC(N2CCCC2)CC1.Cl. The molecule has 6 rings (SSSR count). The van der Waals surface area contributed by atoms with Gasteiger partial charge in [0.15, 0.2) is 0 Å². The second-order valence-electron chi connectivity index (χ2n) is 11.1. The minimum absolute atomic E-state index is 0. The number of nitrogens with zero attached hydrogens (tertiary/aromatic N) is 4. The molecular weight excluding hydrogens is 626 g/mol. The van der Waals surface area contributed by atoms with E-state index in [0.29, 0.717) is 52.4 Å². The number of aliphatic imine (C=N–C) groups is 1. The fraction of sp³-hybridized carbons (Fsp3) is 0.394. The number of amidine groups is 1. The predicted octanol–water partition coefficient (Wildman–Crippen LogP) is 8.69. The lowest BCUT2D eigenvalue weighted by Gasteiger charge is -2.40. The number of carbonyl (C=O) groups is 1. The number of urea groups is 1. The van der Waals surface area contributed by atoms with E-state index in [0.717, 1.165) is 29.5 Å². The molecule has 0 aliphatic carbocycles. The van der Waals surface area contributed by atoms with E-state index in [1.54, 1.807) is 6.07 Å². The predicted molar refractivity (Wildman–Crippen MR) is 177 cm³/mol. The van der Waals surface area contributed by atoms with Crippen molar-refractivity contribution < 1.29 is 9.53 Å². The van der Waals surface area contributed by atoms with E-state index in [1.165, 1.54) is 25.9 Å². The van der Waals surface area contributed by atoms with Crippen molar-refractivity contribution in [3.63, 3.8) is 0 Å². The standard InChI is InChI=1S/C33H35Cl3N4O2.ClH/c1-2-42-29-21-26(36)13-14-28(29)32-37-30(22-5-9-24(34)10-6-22)31(23-7-11-25(35)12-8-23)40(32)33(41)39-19-15-27(16-20-39)38-17-3-4-18-38;/h5-14,21,27,30-31H,2-4,15-20H2,1H3;1H. The van der Waals surface area contributed by atoms with Gasteiger partial charge in [-0.2, -0.15) is 0 Å². The van der Waals surface area contributed by atoms with Crippen LogP contribution in [0.3, 0.4) is 0 Å². The zero-order chi connectivity index (χ0) is 29.2. The van der Waals surface area contributed by atoms with Crippen LogP contribution in [0, 0.1) is 0 Å². The molecule has 10 heteroatoms. The van der Waals surface area contributed by atoms with E-state index in [1.807, 2.05) is 77.4 Å². The number of amides is 2. The normalized spacial score (nSPS) is 21.1. The molecule has 3 heterocycles. The highest BCUT2D eigenvalue weighted by Gasteiger charge is 2.45. The van der Waals surface area contributed by atoms with Gasteiger partial charge in [-0.1, -0.05) is 59.1 Å². The van der Waals surface area contributed by atoms with Gasteiger partial charge in [-0.3, -0.25) is 9.89 Å². The molecular formula is C33H36Cl4N4O2. The lowest BCUT2D eigenvalue weighted by atomic mass is 9.93. The third-order valence-electron chi connectivity index (χ3n) is 8.57. The highest BCUT2D eigenvalue weighted by Crippen LogP contribution is 2.46. The van der Waals surface area contributed by atoms with Gasteiger partial charge in [-0.25, -0.2) is 4.79 Å². The topological polar surface area (TPSA) is 48.4 Å². The maximum absolute atomic E-state index is 14.7. The van der Waals surface area contributed by atoms with Crippen LogP contribution in [0.5, 0.6) is 5.75 Å². The summed E-state index contributed by atoms with van der Waals surface area (Å²) in [6.45, 7) is 6.14. The minimum Gasteiger partial charge on any atom is -0.493 e. The van der Waals surface area contributed by atoms with Crippen molar-refractivity contribution in [2.24, 2.45) is 4.99 Å². The van der Waals surface area contributed by atoms with Gasteiger partial charge in [0, 0.05) is 34.2 Å². The van der Waals surface area contributed by atoms with Gasteiger partial charge in [0.2, 0.25) is 0 Å². The molecule has 0 bridgehead atoms. The molecule has 0 N–H and O–H groups in total. The monoisotopic (exact) mass is 660 g/mol. The summed E-state index contributed by atoms with van der Waals surface area (Å²) in [5, 5.41) is 1.85. The smallest absolute Gasteiger partial charge is 0.326 e. The number of carbonyl (C=O) groups excluding carboxylic acids is 1. The van der Waals surface area contributed by atoms with Crippen LogP contribution in [0.1, 0.15) is 61.4 Å². The lowest BCUT2D eigenvalue weighted by molar-refractivity contribution is 0.117. The van der Waals surface area contributed by atoms with Crippen LogP contribution in [0.15, 0.2) is 71.7 Å². The second-order valence-corrected chi connectivity index (χ2v) is 12.4. The molecule has 0 aromatic heterocycles. The largest absolute Gasteiger partial charge is 0.493 e. The van der Waals surface area contributed by atoms with Gasteiger partial charge in [-0.05, 0) is 99.3 Å². The molecule has 3 aliphatic rings. The van der Waals surface area contributed by atoms with Crippen molar-refractivity contribution >= 4 is 59.1 Å². The van der Waals surface area contributed by atoms with Gasteiger partial charge in [0.1, 0.15) is 17.6 Å². The number of ether oxygens (including phenoxy) is 1. The van der Waals surface area contributed by atoms with Crippen molar-refractivity contribution in [2.75, 3.05) is 32.8 Å². The Kier molecular flexibility index (Phi) is 10.5. The molecule has 0 saturated carbocycles. The summed E-state index contributed by atoms with van der Waals surface area (Å²) < 4.78 is 6.03. The van der Waals surface area contributed by atoms with Crippen LogP contribution in [-0.2, 0) is 0 Å². The second kappa shape index (κ2) is 14.1. The molecule has 6 nitrogen and oxygen atoms in total. The van der Waals surface area contributed by atoms with Crippen molar-refractivity contribution in [2.45, 2.75) is 50.7 Å². The Balaban J connectivity index is 0.00000368. The molecule has 2 amide bonds. The van der Waals surface area contributed by atoms with Crippen LogP contribution in [0.2, 0.25) is 15.1 Å². The third-order valence-corrected chi connectivity index (χ3v) is 9.31. The van der Waals surface area contributed by atoms with E-state index < -0.39 is 6.04 Å². The van der Waals surface area contributed by atoms with Crippen molar-refractivity contribution in [3.8, 4) is 5.75 Å². The van der Waals surface area contributed by atoms with E-state index in [4.69, 9.17) is 44.5 Å². The molecule has 2 saturated heterocycles. The molecule has 3 aromatic carbocycles. The van der Waals surface area contributed by atoms with Gasteiger partial charge < -0.3 is 14.5 Å². The van der Waals surface area contributed by atoms with Crippen LogP contribution in [-0.4, -0.2) is 65.4 Å². The zero-order valence-corrected chi connectivity index (χ0v) is 27.2. The number of hydrogen-bond donors (Lipinski definition) is 0. The number of piperidine rings is 1. The average molecular weight is 662 g/mol. The van der Waals surface area contributed by atoms with Crippen LogP contribution >= 0.6 is 47.2 Å². The fourth-order valence-corrected chi connectivity index (χ4v) is 6.91. The summed E-state index contributed by atoms with van der Waals surface area (Å²) >= 11 is 19.0. The van der Waals surface area contributed by atoms with Crippen molar-refractivity contribution in [1.82, 2.24) is 14.7 Å². The van der Waals surface area contributed by atoms with E-state index in [9.17, 15) is 4.79 Å². The Morgan fingerprint density at radius 1 is 0.837 bits per heavy atom. The van der Waals surface area contributed by atoms with Crippen molar-refractivity contribution in [1.29, 1.82) is 0 Å². The Bertz CT molecular complexity index is 1440. The lowest BCUT2D eigenvalue weighted by Crippen LogP contribution is -2.52. The maximum atomic E-state index is 14.7. The van der Waals surface area contributed by atoms with E-state index in [-0.39, 0.29) is 24.5 Å². The number of rotatable bonds is 6. The van der Waals surface area contributed by atoms with Gasteiger partial charge in [0.05, 0.1) is 18.2 Å². The number of hydrogen-bond acceptors (Lipinski definition) is 4. The molecule has 2 unspecified atom stereocenters.